The van der Waals surface area contributed by atoms with Crippen LogP contribution >= 0.6 is 0 Å². The van der Waals surface area contributed by atoms with Crippen LogP contribution in [0.4, 0.5) is 0 Å². The summed E-state index contributed by atoms with van der Waals surface area (Å²) in [6.07, 6.45) is 4.97. The molecule has 2 rings (SSSR count). The lowest BCUT2D eigenvalue weighted by Gasteiger charge is -2.23. The molecular formula is C18H21N. The van der Waals surface area contributed by atoms with Gasteiger partial charge in [-0.05, 0) is 36.0 Å². The second kappa shape index (κ2) is 5.05. The number of benzene rings is 1. The standard InChI is InChI=1S/C18H21N/c1-13-11-14(12-19)5-10-17(13)15-6-8-16(9-7-15)18(2,3)4/h5-9,11,17H,10H2,1-4H3. The first kappa shape index (κ1) is 13.6. The third kappa shape index (κ3) is 2.96. The molecular weight excluding hydrogens is 230 g/mol. The molecule has 0 amide bonds. The smallest absolute Gasteiger partial charge is 0.0988 e. The monoisotopic (exact) mass is 251 g/mol. The molecule has 19 heavy (non-hydrogen) atoms. The summed E-state index contributed by atoms with van der Waals surface area (Å²) in [4.78, 5) is 0. The summed E-state index contributed by atoms with van der Waals surface area (Å²) in [5.41, 5.74) is 4.98. The van der Waals surface area contributed by atoms with Gasteiger partial charge in [0, 0.05) is 11.5 Å². The lowest BCUT2D eigenvalue weighted by atomic mass is 9.81. The number of rotatable bonds is 1. The third-order valence-electron chi connectivity index (χ3n) is 3.81. The van der Waals surface area contributed by atoms with Gasteiger partial charge in [-0.25, -0.2) is 0 Å². The molecule has 1 nitrogen and oxygen atoms in total. The second-order valence-electron chi connectivity index (χ2n) is 6.32. The maximum Gasteiger partial charge on any atom is 0.0988 e. The van der Waals surface area contributed by atoms with E-state index >= 15 is 0 Å². The molecule has 1 atom stereocenters. The van der Waals surface area contributed by atoms with E-state index in [9.17, 15) is 0 Å². The Bertz CT molecular complexity index is 559. The number of hydrogen-bond acceptors (Lipinski definition) is 1. The SMILES string of the molecule is CC1=CC(C#N)=CCC1c1ccc(C(C)(C)C)cc1. The average Bonchev–Trinajstić information content (AvgIpc) is 2.37. The van der Waals surface area contributed by atoms with Crippen molar-refractivity contribution in [3.63, 3.8) is 0 Å². The molecule has 0 fully saturated rings. The highest BCUT2D eigenvalue weighted by Gasteiger charge is 2.18. The van der Waals surface area contributed by atoms with E-state index in [0.717, 1.165) is 12.0 Å². The van der Waals surface area contributed by atoms with Crippen LogP contribution in [0.1, 0.15) is 51.2 Å². The number of allylic oxidation sites excluding steroid dienone is 4. The van der Waals surface area contributed by atoms with E-state index in [1.807, 2.05) is 12.2 Å². The summed E-state index contributed by atoms with van der Waals surface area (Å²) < 4.78 is 0. The Morgan fingerprint density at radius 2 is 1.79 bits per heavy atom. The molecule has 0 N–H and O–H groups in total. The molecule has 1 heteroatoms. The minimum absolute atomic E-state index is 0.198. The molecule has 0 aliphatic heterocycles. The van der Waals surface area contributed by atoms with E-state index in [1.165, 1.54) is 16.7 Å². The summed E-state index contributed by atoms with van der Waals surface area (Å²) >= 11 is 0. The molecule has 1 unspecified atom stereocenters. The number of nitriles is 1. The van der Waals surface area contributed by atoms with Gasteiger partial charge in [-0.1, -0.05) is 56.7 Å². The van der Waals surface area contributed by atoms with E-state index in [4.69, 9.17) is 5.26 Å². The summed E-state index contributed by atoms with van der Waals surface area (Å²) in [6.45, 7) is 8.81. The fraction of sp³-hybridized carbons (Fsp3) is 0.389. The van der Waals surface area contributed by atoms with Crippen molar-refractivity contribution >= 4 is 0 Å². The zero-order valence-corrected chi connectivity index (χ0v) is 12.2. The van der Waals surface area contributed by atoms with Gasteiger partial charge in [0.25, 0.3) is 0 Å². The van der Waals surface area contributed by atoms with Crippen molar-refractivity contribution in [2.75, 3.05) is 0 Å². The lowest BCUT2D eigenvalue weighted by Crippen LogP contribution is -2.11. The highest BCUT2D eigenvalue weighted by Crippen LogP contribution is 2.33. The lowest BCUT2D eigenvalue weighted by molar-refractivity contribution is 0.589. The molecule has 1 aliphatic rings. The molecule has 0 bridgehead atoms. The van der Waals surface area contributed by atoms with Crippen molar-refractivity contribution in [2.45, 2.75) is 45.4 Å². The Hall–Kier alpha value is -1.81. The highest BCUT2D eigenvalue weighted by atomic mass is 14.3. The largest absolute Gasteiger partial charge is 0.192 e. The predicted octanol–water partition coefficient (Wildman–Crippen LogP) is 4.87. The molecule has 0 saturated carbocycles. The Morgan fingerprint density at radius 3 is 2.26 bits per heavy atom. The zero-order chi connectivity index (χ0) is 14.0. The average molecular weight is 251 g/mol. The van der Waals surface area contributed by atoms with E-state index < -0.39 is 0 Å². The summed E-state index contributed by atoms with van der Waals surface area (Å²) in [6, 6.07) is 11.1. The van der Waals surface area contributed by atoms with Crippen molar-refractivity contribution in [1.82, 2.24) is 0 Å². The van der Waals surface area contributed by atoms with Crippen LogP contribution in [0.5, 0.6) is 0 Å². The quantitative estimate of drug-likeness (QED) is 0.698. The number of nitrogens with zero attached hydrogens (tertiary/aromatic N) is 1. The van der Waals surface area contributed by atoms with Crippen LogP contribution in [0.3, 0.4) is 0 Å². The first-order valence-electron chi connectivity index (χ1n) is 6.80. The van der Waals surface area contributed by atoms with Crippen molar-refractivity contribution in [3.05, 3.63) is 58.7 Å². The van der Waals surface area contributed by atoms with Gasteiger partial charge in [-0.15, -0.1) is 0 Å². The Balaban J connectivity index is 2.24. The zero-order valence-electron chi connectivity index (χ0n) is 12.2. The fourth-order valence-corrected chi connectivity index (χ4v) is 2.53. The van der Waals surface area contributed by atoms with Crippen LogP contribution in [0.2, 0.25) is 0 Å². The Morgan fingerprint density at radius 1 is 1.16 bits per heavy atom. The minimum Gasteiger partial charge on any atom is -0.192 e. The molecule has 98 valence electrons. The van der Waals surface area contributed by atoms with Gasteiger partial charge < -0.3 is 0 Å². The molecule has 0 heterocycles. The van der Waals surface area contributed by atoms with Gasteiger partial charge >= 0.3 is 0 Å². The van der Waals surface area contributed by atoms with Crippen LogP contribution in [0, 0.1) is 11.3 Å². The maximum absolute atomic E-state index is 8.93. The third-order valence-corrected chi connectivity index (χ3v) is 3.81. The van der Waals surface area contributed by atoms with E-state index in [-0.39, 0.29) is 5.41 Å². The Kier molecular flexibility index (Phi) is 3.62. The minimum atomic E-state index is 0.198. The molecule has 1 aromatic carbocycles. The Labute approximate surface area is 116 Å². The van der Waals surface area contributed by atoms with E-state index in [2.05, 4.69) is 58.0 Å². The highest BCUT2D eigenvalue weighted by molar-refractivity contribution is 5.44. The topological polar surface area (TPSA) is 23.8 Å². The van der Waals surface area contributed by atoms with Crippen molar-refractivity contribution in [2.24, 2.45) is 0 Å². The number of hydrogen-bond donors (Lipinski definition) is 0. The van der Waals surface area contributed by atoms with Gasteiger partial charge in [0.15, 0.2) is 0 Å². The van der Waals surface area contributed by atoms with Gasteiger partial charge in [0.05, 0.1) is 6.07 Å². The van der Waals surface area contributed by atoms with Crippen molar-refractivity contribution in [3.8, 4) is 6.07 Å². The molecule has 1 aromatic rings. The van der Waals surface area contributed by atoms with Crippen LogP contribution in [0.15, 0.2) is 47.6 Å². The van der Waals surface area contributed by atoms with Crippen LogP contribution in [-0.4, -0.2) is 0 Å². The second-order valence-corrected chi connectivity index (χ2v) is 6.32. The summed E-state index contributed by atoms with van der Waals surface area (Å²) in [5.74, 6) is 0.422. The van der Waals surface area contributed by atoms with Crippen LogP contribution in [0.25, 0.3) is 0 Å². The molecule has 1 aliphatic carbocycles. The fourth-order valence-electron chi connectivity index (χ4n) is 2.53. The maximum atomic E-state index is 8.93. The molecule has 0 spiro atoms. The first-order chi connectivity index (χ1) is 8.91. The van der Waals surface area contributed by atoms with E-state index in [0.29, 0.717) is 5.92 Å². The van der Waals surface area contributed by atoms with E-state index in [1.54, 1.807) is 0 Å². The summed E-state index contributed by atoms with van der Waals surface area (Å²) in [5, 5.41) is 8.93. The van der Waals surface area contributed by atoms with Gasteiger partial charge in [0.2, 0.25) is 0 Å². The predicted molar refractivity (Wildman–Crippen MR) is 80.0 cm³/mol. The molecule has 0 aromatic heterocycles. The van der Waals surface area contributed by atoms with Crippen molar-refractivity contribution in [1.29, 1.82) is 5.26 Å². The molecule has 0 saturated heterocycles. The summed E-state index contributed by atoms with van der Waals surface area (Å²) in [7, 11) is 0. The van der Waals surface area contributed by atoms with Crippen molar-refractivity contribution < 1.29 is 0 Å². The van der Waals surface area contributed by atoms with Crippen LogP contribution < -0.4 is 0 Å². The van der Waals surface area contributed by atoms with Gasteiger partial charge in [-0.2, -0.15) is 5.26 Å². The molecule has 0 radical (unpaired) electrons. The van der Waals surface area contributed by atoms with Gasteiger partial charge in [-0.3, -0.25) is 0 Å². The van der Waals surface area contributed by atoms with Gasteiger partial charge in [0.1, 0.15) is 0 Å². The van der Waals surface area contributed by atoms with Crippen LogP contribution in [-0.2, 0) is 5.41 Å². The first-order valence-corrected chi connectivity index (χ1v) is 6.80. The normalized spacial score (nSPS) is 19.4.